The molecule has 132 valence electrons. The van der Waals surface area contributed by atoms with Crippen LogP contribution in [0, 0.1) is 0 Å². The van der Waals surface area contributed by atoms with E-state index in [1.54, 1.807) is 6.20 Å². The molecule has 2 heterocycles. The third-order valence-corrected chi connectivity index (χ3v) is 4.05. The van der Waals surface area contributed by atoms with Crippen molar-refractivity contribution in [1.82, 2.24) is 10.3 Å². The van der Waals surface area contributed by atoms with Gasteiger partial charge in [0.25, 0.3) is 0 Å². The van der Waals surface area contributed by atoms with Crippen LogP contribution in [-0.4, -0.2) is 30.1 Å². The number of nitrogens with one attached hydrogen (secondary N) is 3. The predicted molar refractivity (Wildman–Crippen MR) is 103 cm³/mol. The fraction of sp³-hybridized carbons (Fsp3) is 0.368. The zero-order valence-electron chi connectivity index (χ0n) is 14.7. The van der Waals surface area contributed by atoms with Gasteiger partial charge in [0.2, 0.25) is 0 Å². The Morgan fingerprint density at radius 3 is 2.32 bits per heavy atom. The molecule has 25 heavy (non-hydrogen) atoms. The Morgan fingerprint density at radius 2 is 1.72 bits per heavy atom. The van der Waals surface area contributed by atoms with E-state index in [1.165, 1.54) is 18.5 Å². The van der Waals surface area contributed by atoms with Crippen LogP contribution in [0.5, 0.6) is 0 Å². The highest BCUT2D eigenvalue weighted by Gasteiger charge is 2.11. The van der Waals surface area contributed by atoms with Crippen molar-refractivity contribution in [1.29, 1.82) is 0 Å². The first-order valence-corrected chi connectivity index (χ1v) is 8.76. The lowest BCUT2D eigenvalue weighted by molar-refractivity contribution is 0.250. The Bertz CT molecular complexity index is 691. The number of pyridine rings is 1. The van der Waals surface area contributed by atoms with Gasteiger partial charge in [-0.1, -0.05) is 0 Å². The van der Waals surface area contributed by atoms with Gasteiger partial charge in [-0.05, 0) is 63.1 Å². The highest BCUT2D eigenvalue weighted by Crippen LogP contribution is 2.23. The minimum absolute atomic E-state index is 0.0948. The van der Waals surface area contributed by atoms with Crippen LogP contribution >= 0.6 is 0 Å². The van der Waals surface area contributed by atoms with Gasteiger partial charge >= 0.3 is 6.03 Å². The highest BCUT2D eigenvalue weighted by atomic mass is 16.2. The largest absolute Gasteiger partial charge is 0.372 e. The van der Waals surface area contributed by atoms with E-state index in [-0.39, 0.29) is 12.1 Å². The standard InChI is InChI=1S/C19H25N5O/c1-14(2)21-19(25)23-16-7-10-18(20-13-16)22-15-5-8-17(9-6-15)24-11-3-4-12-24/h5-10,13-14H,3-4,11-12H2,1-2H3,(H,20,22)(H2,21,23,25). The Hall–Kier alpha value is -2.76. The molecule has 3 N–H and O–H groups in total. The Kier molecular flexibility index (Phi) is 5.38. The van der Waals surface area contributed by atoms with Crippen molar-refractivity contribution in [2.75, 3.05) is 28.6 Å². The number of benzene rings is 1. The topological polar surface area (TPSA) is 69.3 Å². The monoisotopic (exact) mass is 339 g/mol. The normalized spacial score (nSPS) is 13.8. The van der Waals surface area contributed by atoms with Crippen molar-refractivity contribution in [2.45, 2.75) is 32.7 Å². The average molecular weight is 339 g/mol. The molecule has 6 nitrogen and oxygen atoms in total. The molecular weight excluding hydrogens is 314 g/mol. The number of hydrogen-bond donors (Lipinski definition) is 3. The van der Waals surface area contributed by atoms with Gasteiger partial charge in [-0.25, -0.2) is 9.78 Å². The Balaban J connectivity index is 1.56. The summed E-state index contributed by atoms with van der Waals surface area (Å²) in [5.74, 6) is 0.740. The lowest BCUT2D eigenvalue weighted by atomic mass is 10.2. The minimum Gasteiger partial charge on any atom is -0.372 e. The first-order valence-electron chi connectivity index (χ1n) is 8.76. The maximum Gasteiger partial charge on any atom is 0.319 e. The van der Waals surface area contributed by atoms with Crippen LogP contribution in [-0.2, 0) is 0 Å². The molecule has 2 amide bonds. The number of rotatable bonds is 5. The molecule has 1 aromatic carbocycles. The molecule has 0 saturated carbocycles. The number of urea groups is 1. The van der Waals surface area contributed by atoms with Crippen LogP contribution in [0.1, 0.15) is 26.7 Å². The predicted octanol–water partition coefficient (Wildman–Crippen LogP) is 3.96. The number of hydrogen-bond acceptors (Lipinski definition) is 4. The third-order valence-electron chi connectivity index (χ3n) is 4.05. The zero-order valence-corrected chi connectivity index (χ0v) is 14.7. The van der Waals surface area contributed by atoms with Crippen molar-refractivity contribution in [3.63, 3.8) is 0 Å². The Morgan fingerprint density at radius 1 is 1.04 bits per heavy atom. The van der Waals surface area contributed by atoms with E-state index >= 15 is 0 Å². The second kappa shape index (κ2) is 7.88. The van der Waals surface area contributed by atoms with Crippen molar-refractivity contribution in [3.8, 4) is 0 Å². The summed E-state index contributed by atoms with van der Waals surface area (Å²) in [4.78, 5) is 18.4. The van der Waals surface area contributed by atoms with Crippen molar-refractivity contribution in [3.05, 3.63) is 42.6 Å². The number of aromatic nitrogens is 1. The number of anilines is 4. The molecule has 1 aliphatic heterocycles. The van der Waals surface area contributed by atoms with E-state index in [4.69, 9.17) is 0 Å². The molecule has 6 heteroatoms. The molecule has 0 unspecified atom stereocenters. The first-order chi connectivity index (χ1) is 12.1. The van der Waals surface area contributed by atoms with Gasteiger partial charge in [-0.3, -0.25) is 0 Å². The second-order valence-corrected chi connectivity index (χ2v) is 6.55. The fourth-order valence-electron chi connectivity index (χ4n) is 2.85. The van der Waals surface area contributed by atoms with Crippen LogP contribution in [0.3, 0.4) is 0 Å². The molecule has 0 radical (unpaired) electrons. The van der Waals surface area contributed by atoms with Crippen LogP contribution in [0.15, 0.2) is 42.6 Å². The zero-order chi connectivity index (χ0) is 17.6. The summed E-state index contributed by atoms with van der Waals surface area (Å²) in [5.41, 5.74) is 2.92. The fourth-order valence-corrected chi connectivity index (χ4v) is 2.85. The maximum atomic E-state index is 11.7. The highest BCUT2D eigenvalue weighted by molar-refractivity contribution is 5.89. The van der Waals surface area contributed by atoms with Gasteiger partial charge in [0.1, 0.15) is 5.82 Å². The van der Waals surface area contributed by atoms with Crippen LogP contribution < -0.4 is 20.9 Å². The lowest BCUT2D eigenvalue weighted by Gasteiger charge is -2.18. The van der Waals surface area contributed by atoms with Crippen LogP contribution in [0.25, 0.3) is 0 Å². The Labute approximate surface area is 148 Å². The molecule has 0 aliphatic carbocycles. The van der Waals surface area contributed by atoms with Crippen molar-refractivity contribution in [2.24, 2.45) is 0 Å². The van der Waals surface area contributed by atoms with Crippen molar-refractivity contribution < 1.29 is 4.79 Å². The van der Waals surface area contributed by atoms with E-state index in [2.05, 4.69) is 50.1 Å². The van der Waals surface area contributed by atoms with Gasteiger partial charge < -0.3 is 20.9 Å². The summed E-state index contributed by atoms with van der Waals surface area (Å²) >= 11 is 0. The molecular formula is C19H25N5O. The summed E-state index contributed by atoms with van der Waals surface area (Å²) in [6.07, 6.45) is 4.19. The summed E-state index contributed by atoms with van der Waals surface area (Å²) in [6.45, 7) is 6.13. The molecule has 3 rings (SSSR count). The van der Waals surface area contributed by atoms with Crippen molar-refractivity contribution >= 4 is 28.9 Å². The van der Waals surface area contributed by atoms with E-state index in [0.29, 0.717) is 5.69 Å². The summed E-state index contributed by atoms with van der Waals surface area (Å²) < 4.78 is 0. The summed E-state index contributed by atoms with van der Waals surface area (Å²) in [5, 5.41) is 8.81. The van der Waals surface area contributed by atoms with E-state index in [1.807, 2.05) is 26.0 Å². The average Bonchev–Trinajstić information content (AvgIpc) is 3.11. The van der Waals surface area contributed by atoms with E-state index < -0.39 is 0 Å². The molecule has 1 aromatic heterocycles. The first kappa shape index (κ1) is 17.1. The summed E-state index contributed by atoms with van der Waals surface area (Å²) in [6, 6.07) is 12.0. The molecule has 1 saturated heterocycles. The number of nitrogens with zero attached hydrogens (tertiary/aromatic N) is 2. The molecule has 0 atom stereocenters. The number of amides is 2. The molecule has 0 bridgehead atoms. The van der Waals surface area contributed by atoms with Gasteiger partial charge in [0.05, 0.1) is 11.9 Å². The molecule has 1 fully saturated rings. The maximum absolute atomic E-state index is 11.7. The quantitative estimate of drug-likeness (QED) is 0.771. The molecule has 2 aromatic rings. The SMILES string of the molecule is CC(C)NC(=O)Nc1ccc(Nc2ccc(N3CCCC3)cc2)nc1. The third kappa shape index (κ3) is 4.86. The van der Waals surface area contributed by atoms with Gasteiger partial charge in [0.15, 0.2) is 0 Å². The molecule has 1 aliphatic rings. The van der Waals surface area contributed by atoms with Gasteiger partial charge in [0, 0.05) is 30.5 Å². The van der Waals surface area contributed by atoms with E-state index in [0.717, 1.165) is 24.6 Å². The molecule has 0 spiro atoms. The smallest absolute Gasteiger partial charge is 0.319 e. The lowest BCUT2D eigenvalue weighted by Crippen LogP contribution is -2.34. The number of carbonyl (C=O) groups is 1. The van der Waals surface area contributed by atoms with Crippen LogP contribution in [0.2, 0.25) is 0 Å². The minimum atomic E-state index is -0.227. The van der Waals surface area contributed by atoms with Gasteiger partial charge in [-0.15, -0.1) is 0 Å². The summed E-state index contributed by atoms with van der Waals surface area (Å²) in [7, 11) is 0. The second-order valence-electron chi connectivity index (χ2n) is 6.55. The van der Waals surface area contributed by atoms with Crippen LogP contribution in [0.4, 0.5) is 27.7 Å². The number of carbonyl (C=O) groups excluding carboxylic acids is 1. The van der Waals surface area contributed by atoms with E-state index in [9.17, 15) is 4.79 Å². The van der Waals surface area contributed by atoms with Gasteiger partial charge in [-0.2, -0.15) is 0 Å².